The van der Waals surface area contributed by atoms with Crippen LogP contribution in [0.4, 0.5) is 0 Å². The van der Waals surface area contributed by atoms with E-state index in [9.17, 15) is 0 Å². The van der Waals surface area contributed by atoms with Crippen LogP contribution >= 0.6 is 0 Å². The molecule has 4 nitrogen and oxygen atoms in total. The van der Waals surface area contributed by atoms with Gasteiger partial charge in [-0.25, -0.2) is 0 Å². The zero-order valence-corrected chi connectivity index (χ0v) is 12.5. The van der Waals surface area contributed by atoms with E-state index in [1.54, 1.807) is 0 Å². The average Bonchev–Trinajstić information content (AvgIpc) is 2.34. The van der Waals surface area contributed by atoms with Gasteiger partial charge in [-0.05, 0) is 39.3 Å². The normalized spacial score (nSPS) is 30.7. The molecule has 0 saturated heterocycles. The first-order chi connectivity index (χ1) is 8.56. The summed E-state index contributed by atoms with van der Waals surface area (Å²) in [6.07, 6.45) is 6.08. The third kappa shape index (κ3) is 3.67. The second-order valence-electron chi connectivity index (χ2n) is 5.99. The minimum Gasteiger partial charge on any atom is -0.380 e. The number of ether oxygens (including phenoxy) is 1. The van der Waals surface area contributed by atoms with Gasteiger partial charge in [0.15, 0.2) is 0 Å². The summed E-state index contributed by atoms with van der Waals surface area (Å²) >= 11 is 0. The van der Waals surface area contributed by atoms with Crippen LogP contribution in [0.2, 0.25) is 0 Å². The van der Waals surface area contributed by atoms with Crippen molar-refractivity contribution in [3.05, 3.63) is 0 Å². The molecule has 0 bridgehead atoms. The van der Waals surface area contributed by atoms with E-state index < -0.39 is 0 Å². The molecule has 4 heteroatoms. The molecule has 0 heterocycles. The van der Waals surface area contributed by atoms with Gasteiger partial charge in [0.2, 0.25) is 0 Å². The van der Waals surface area contributed by atoms with Gasteiger partial charge < -0.3 is 9.64 Å². The molecule has 1 aliphatic rings. The second kappa shape index (κ2) is 7.43. The highest BCUT2D eigenvalue weighted by Gasteiger charge is 2.43. The molecule has 3 unspecified atom stereocenters. The number of hydrogen-bond acceptors (Lipinski definition) is 4. The fourth-order valence-electron chi connectivity index (χ4n) is 3.30. The Balaban J connectivity index is 2.73. The van der Waals surface area contributed by atoms with E-state index in [1.165, 1.54) is 25.7 Å². The predicted octanol–water partition coefficient (Wildman–Crippen LogP) is 1.76. The molecule has 1 rings (SSSR count). The first-order valence-electron chi connectivity index (χ1n) is 7.28. The summed E-state index contributed by atoms with van der Waals surface area (Å²) in [6, 6.07) is 0.210. The third-order valence-electron chi connectivity index (χ3n) is 4.38. The molecule has 0 aromatic heterocycles. The maximum Gasteiger partial charge on any atom is 0.0651 e. The van der Waals surface area contributed by atoms with Crippen molar-refractivity contribution in [3.63, 3.8) is 0 Å². The van der Waals surface area contributed by atoms with Gasteiger partial charge in [-0.1, -0.05) is 26.7 Å². The minimum atomic E-state index is 0.139. The molecule has 0 spiro atoms. The lowest BCUT2D eigenvalue weighted by atomic mass is 9.71. The van der Waals surface area contributed by atoms with Crippen molar-refractivity contribution in [1.29, 1.82) is 0 Å². The SMILES string of the molecule is CCCOCC(NN)C1(N(C)C)CCCC(C)C1. The van der Waals surface area contributed by atoms with E-state index in [2.05, 4.69) is 38.3 Å². The minimum absolute atomic E-state index is 0.139. The Hall–Kier alpha value is -0.160. The van der Waals surface area contributed by atoms with Crippen LogP contribution in [-0.2, 0) is 4.74 Å². The number of rotatable bonds is 7. The molecule has 0 aliphatic heterocycles. The van der Waals surface area contributed by atoms with E-state index in [1.807, 2.05) is 0 Å². The van der Waals surface area contributed by atoms with Gasteiger partial charge in [-0.2, -0.15) is 0 Å². The first kappa shape index (κ1) is 15.9. The average molecular weight is 257 g/mol. The fraction of sp³-hybridized carbons (Fsp3) is 1.00. The van der Waals surface area contributed by atoms with Gasteiger partial charge >= 0.3 is 0 Å². The molecule has 1 saturated carbocycles. The van der Waals surface area contributed by atoms with Gasteiger partial charge in [0.25, 0.3) is 0 Å². The van der Waals surface area contributed by atoms with Gasteiger partial charge in [0.05, 0.1) is 12.6 Å². The smallest absolute Gasteiger partial charge is 0.0651 e. The number of hydrazine groups is 1. The van der Waals surface area contributed by atoms with Crippen LogP contribution < -0.4 is 11.3 Å². The molecule has 1 fully saturated rings. The van der Waals surface area contributed by atoms with Crippen molar-refractivity contribution in [1.82, 2.24) is 10.3 Å². The van der Waals surface area contributed by atoms with Crippen LogP contribution in [-0.4, -0.2) is 43.8 Å². The van der Waals surface area contributed by atoms with Crippen LogP contribution in [0.3, 0.4) is 0 Å². The first-order valence-corrected chi connectivity index (χ1v) is 7.28. The summed E-state index contributed by atoms with van der Waals surface area (Å²) in [7, 11) is 4.34. The number of hydrogen-bond donors (Lipinski definition) is 2. The Bertz CT molecular complexity index is 235. The molecule has 3 atom stereocenters. The molecule has 108 valence electrons. The molecular weight excluding hydrogens is 226 g/mol. The Morgan fingerprint density at radius 3 is 2.72 bits per heavy atom. The number of nitrogens with zero attached hydrogens (tertiary/aromatic N) is 1. The number of likely N-dealkylation sites (N-methyl/N-ethyl adjacent to an activating group) is 1. The monoisotopic (exact) mass is 257 g/mol. The van der Waals surface area contributed by atoms with Gasteiger partial charge in [0, 0.05) is 12.1 Å². The van der Waals surface area contributed by atoms with Crippen molar-refractivity contribution < 1.29 is 4.74 Å². The van der Waals surface area contributed by atoms with Crippen LogP contribution in [0.25, 0.3) is 0 Å². The molecule has 1 aliphatic carbocycles. The molecule has 0 aromatic rings. The Labute approximate surface area is 112 Å². The predicted molar refractivity (Wildman–Crippen MR) is 76.3 cm³/mol. The lowest BCUT2D eigenvalue weighted by Gasteiger charge is -2.49. The molecular formula is C14H31N3O. The highest BCUT2D eigenvalue weighted by atomic mass is 16.5. The number of nitrogens with one attached hydrogen (secondary N) is 1. The highest BCUT2D eigenvalue weighted by Crippen LogP contribution is 2.38. The van der Waals surface area contributed by atoms with Gasteiger partial charge in [-0.15, -0.1) is 0 Å². The van der Waals surface area contributed by atoms with Crippen molar-refractivity contribution in [2.75, 3.05) is 27.3 Å². The molecule has 0 radical (unpaired) electrons. The number of nitrogens with two attached hydrogens (primary N) is 1. The standard InChI is InChI=1S/C14H31N3O/c1-5-9-18-11-13(16-15)14(17(3)4)8-6-7-12(2)10-14/h12-13,16H,5-11,15H2,1-4H3. The summed E-state index contributed by atoms with van der Waals surface area (Å²) in [5, 5.41) is 0. The summed E-state index contributed by atoms with van der Waals surface area (Å²) < 4.78 is 5.73. The Kier molecular flexibility index (Phi) is 6.57. The van der Waals surface area contributed by atoms with Gasteiger partial charge in [0.1, 0.15) is 0 Å². The highest BCUT2D eigenvalue weighted by molar-refractivity contribution is 5.01. The lowest BCUT2D eigenvalue weighted by Crippen LogP contribution is -2.64. The quantitative estimate of drug-likeness (QED) is 0.414. The Morgan fingerprint density at radius 2 is 2.22 bits per heavy atom. The Morgan fingerprint density at radius 1 is 1.50 bits per heavy atom. The van der Waals surface area contributed by atoms with E-state index in [0.717, 1.165) is 18.9 Å². The molecule has 18 heavy (non-hydrogen) atoms. The summed E-state index contributed by atoms with van der Waals surface area (Å²) in [5.74, 6) is 6.56. The largest absolute Gasteiger partial charge is 0.380 e. The van der Waals surface area contributed by atoms with E-state index >= 15 is 0 Å². The lowest BCUT2D eigenvalue weighted by molar-refractivity contribution is -0.00421. The van der Waals surface area contributed by atoms with Crippen LogP contribution in [0, 0.1) is 5.92 Å². The van der Waals surface area contributed by atoms with Crippen molar-refractivity contribution in [2.45, 2.75) is 57.5 Å². The maximum atomic E-state index is 5.80. The van der Waals surface area contributed by atoms with Gasteiger partial charge in [-0.3, -0.25) is 11.3 Å². The second-order valence-corrected chi connectivity index (χ2v) is 5.99. The van der Waals surface area contributed by atoms with E-state index in [0.29, 0.717) is 6.61 Å². The van der Waals surface area contributed by atoms with E-state index in [4.69, 9.17) is 10.6 Å². The van der Waals surface area contributed by atoms with Crippen molar-refractivity contribution in [3.8, 4) is 0 Å². The van der Waals surface area contributed by atoms with Crippen LogP contribution in [0.15, 0.2) is 0 Å². The van der Waals surface area contributed by atoms with E-state index in [-0.39, 0.29) is 11.6 Å². The summed E-state index contributed by atoms with van der Waals surface area (Å²) in [5.41, 5.74) is 3.15. The zero-order valence-electron chi connectivity index (χ0n) is 12.5. The topological polar surface area (TPSA) is 50.5 Å². The fourth-order valence-corrected chi connectivity index (χ4v) is 3.30. The van der Waals surface area contributed by atoms with Crippen LogP contribution in [0.1, 0.15) is 46.0 Å². The van der Waals surface area contributed by atoms with Crippen molar-refractivity contribution in [2.24, 2.45) is 11.8 Å². The molecule has 0 amide bonds. The summed E-state index contributed by atoms with van der Waals surface area (Å²) in [6.45, 7) is 6.00. The van der Waals surface area contributed by atoms with Crippen LogP contribution in [0.5, 0.6) is 0 Å². The molecule has 0 aromatic carbocycles. The summed E-state index contributed by atoms with van der Waals surface area (Å²) in [4.78, 5) is 2.35. The third-order valence-corrected chi connectivity index (χ3v) is 4.38. The zero-order chi connectivity index (χ0) is 13.6. The maximum absolute atomic E-state index is 5.80. The molecule has 3 N–H and O–H groups in total. The van der Waals surface area contributed by atoms with Crippen molar-refractivity contribution >= 4 is 0 Å².